The van der Waals surface area contributed by atoms with Crippen molar-refractivity contribution in [2.75, 3.05) is 31.5 Å². The number of carbonyl (C=O) groups excluding carboxylic acids is 2. The molecule has 2 saturated heterocycles. The predicted octanol–water partition coefficient (Wildman–Crippen LogP) is 3.43. The van der Waals surface area contributed by atoms with Crippen LogP contribution in [0.3, 0.4) is 0 Å². The average Bonchev–Trinajstić information content (AvgIpc) is 3.26. The largest absolute Gasteiger partial charge is 0.342 e. The lowest BCUT2D eigenvalue weighted by molar-refractivity contribution is -0.137. The molecule has 32 heavy (non-hydrogen) atoms. The smallest absolute Gasteiger partial charge is 0.226 e. The third kappa shape index (κ3) is 3.88. The quantitative estimate of drug-likeness (QED) is 0.607. The molecule has 2 aliphatic rings. The van der Waals surface area contributed by atoms with Crippen LogP contribution in [0.5, 0.6) is 0 Å². The van der Waals surface area contributed by atoms with E-state index in [0.717, 1.165) is 74.0 Å². The van der Waals surface area contributed by atoms with Gasteiger partial charge in [0.2, 0.25) is 12.3 Å². The van der Waals surface area contributed by atoms with Crippen molar-refractivity contribution < 1.29 is 9.59 Å². The third-order valence-electron chi connectivity index (χ3n) is 6.76. The van der Waals surface area contributed by atoms with E-state index in [2.05, 4.69) is 33.5 Å². The van der Waals surface area contributed by atoms with Gasteiger partial charge in [-0.05, 0) is 38.3 Å². The molecule has 1 atom stereocenters. The van der Waals surface area contributed by atoms with Crippen LogP contribution >= 0.6 is 0 Å². The summed E-state index contributed by atoms with van der Waals surface area (Å²) < 4.78 is 2.12. The molecule has 2 fully saturated rings. The number of benzene rings is 2. The van der Waals surface area contributed by atoms with Crippen LogP contribution in [0, 0.1) is 5.92 Å². The molecule has 1 unspecified atom stereocenters. The second-order valence-corrected chi connectivity index (χ2v) is 8.72. The van der Waals surface area contributed by atoms with Crippen LogP contribution in [0.2, 0.25) is 0 Å². The van der Waals surface area contributed by atoms with Crippen LogP contribution in [-0.4, -0.2) is 53.2 Å². The number of hydrogen-bond acceptors (Lipinski definition) is 4. The van der Waals surface area contributed by atoms with Crippen molar-refractivity contribution in [2.24, 2.45) is 5.92 Å². The van der Waals surface area contributed by atoms with Gasteiger partial charge in [0.1, 0.15) is 5.52 Å². The molecule has 2 aromatic carbocycles. The Labute approximate surface area is 187 Å². The summed E-state index contributed by atoms with van der Waals surface area (Å²) in [6, 6.07) is 16.4. The maximum absolute atomic E-state index is 13.0. The van der Waals surface area contributed by atoms with Crippen molar-refractivity contribution in [1.82, 2.24) is 20.0 Å². The van der Waals surface area contributed by atoms with E-state index in [4.69, 9.17) is 5.10 Å². The van der Waals surface area contributed by atoms with Crippen LogP contribution in [0.4, 0.5) is 5.69 Å². The molecule has 0 spiro atoms. The maximum Gasteiger partial charge on any atom is 0.226 e. The van der Waals surface area contributed by atoms with Gasteiger partial charge in [0, 0.05) is 30.6 Å². The third-order valence-corrected chi connectivity index (χ3v) is 6.76. The summed E-state index contributed by atoms with van der Waals surface area (Å²) in [7, 11) is 0. The molecule has 2 amide bonds. The van der Waals surface area contributed by atoms with Crippen molar-refractivity contribution in [3.8, 4) is 11.3 Å². The van der Waals surface area contributed by atoms with E-state index >= 15 is 0 Å². The van der Waals surface area contributed by atoms with E-state index in [1.54, 1.807) is 0 Å². The van der Waals surface area contributed by atoms with Crippen molar-refractivity contribution in [1.29, 1.82) is 0 Å². The molecule has 0 bridgehead atoms. The summed E-state index contributed by atoms with van der Waals surface area (Å²) in [4.78, 5) is 26.1. The predicted molar refractivity (Wildman–Crippen MR) is 125 cm³/mol. The molecular formula is C25H29N5O2. The SMILES string of the molecule is O=CNc1cccc2c(-c3ccccc3)n(C3CCN(C(=O)C4CCCNC4)CC3)nc12. The lowest BCUT2D eigenvalue weighted by atomic mass is 9.96. The maximum atomic E-state index is 13.0. The normalized spacial score (nSPS) is 19.8. The molecule has 2 N–H and O–H groups in total. The molecule has 2 aliphatic heterocycles. The van der Waals surface area contributed by atoms with E-state index in [-0.39, 0.29) is 12.0 Å². The molecule has 0 radical (unpaired) electrons. The van der Waals surface area contributed by atoms with E-state index in [1.807, 2.05) is 35.2 Å². The molecule has 7 nitrogen and oxygen atoms in total. The summed E-state index contributed by atoms with van der Waals surface area (Å²) in [6.45, 7) is 3.32. The highest BCUT2D eigenvalue weighted by molar-refractivity contribution is 6.01. The second-order valence-electron chi connectivity index (χ2n) is 8.72. The van der Waals surface area contributed by atoms with Gasteiger partial charge in [-0.15, -0.1) is 0 Å². The Morgan fingerprint density at radius 1 is 1.06 bits per heavy atom. The molecule has 5 rings (SSSR count). The van der Waals surface area contributed by atoms with Crippen LogP contribution in [0.15, 0.2) is 48.5 Å². The zero-order chi connectivity index (χ0) is 21.9. The number of nitrogens with one attached hydrogen (secondary N) is 2. The van der Waals surface area contributed by atoms with Gasteiger partial charge < -0.3 is 15.5 Å². The lowest BCUT2D eigenvalue weighted by Gasteiger charge is -2.35. The van der Waals surface area contributed by atoms with Gasteiger partial charge in [-0.3, -0.25) is 14.3 Å². The number of aromatic nitrogens is 2. The van der Waals surface area contributed by atoms with Crippen molar-refractivity contribution in [2.45, 2.75) is 31.7 Å². The van der Waals surface area contributed by atoms with Gasteiger partial charge in [0.05, 0.1) is 23.3 Å². The summed E-state index contributed by atoms with van der Waals surface area (Å²) >= 11 is 0. The number of carbonyl (C=O) groups is 2. The first kappa shape index (κ1) is 20.7. The Morgan fingerprint density at radius 2 is 1.88 bits per heavy atom. The van der Waals surface area contributed by atoms with Gasteiger partial charge >= 0.3 is 0 Å². The van der Waals surface area contributed by atoms with Gasteiger partial charge in [-0.25, -0.2) is 0 Å². The van der Waals surface area contributed by atoms with Crippen LogP contribution in [0.25, 0.3) is 22.2 Å². The lowest BCUT2D eigenvalue weighted by Crippen LogP contribution is -2.46. The molecule has 1 aromatic heterocycles. The molecule has 3 heterocycles. The Morgan fingerprint density at radius 3 is 2.59 bits per heavy atom. The number of fused-ring (bicyclic) bond motifs is 1. The van der Waals surface area contributed by atoms with E-state index in [0.29, 0.717) is 18.0 Å². The number of nitrogens with zero attached hydrogens (tertiary/aromatic N) is 3. The summed E-state index contributed by atoms with van der Waals surface area (Å²) in [5.74, 6) is 0.409. The number of hydrogen-bond donors (Lipinski definition) is 2. The van der Waals surface area contributed by atoms with E-state index in [1.165, 1.54) is 0 Å². The Kier molecular flexibility index (Phi) is 5.90. The van der Waals surface area contributed by atoms with Gasteiger partial charge in [0.25, 0.3) is 0 Å². The van der Waals surface area contributed by atoms with E-state index < -0.39 is 0 Å². The minimum atomic E-state index is 0.115. The molecule has 3 aromatic rings. The molecule has 166 valence electrons. The molecular weight excluding hydrogens is 402 g/mol. The minimum absolute atomic E-state index is 0.115. The summed E-state index contributed by atoms with van der Waals surface area (Å²) in [5, 5.41) is 12.1. The first-order valence-corrected chi connectivity index (χ1v) is 11.5. The summed E-state index contributed by atoms with van der Waals surface area (Å²) in [6.07, 6.45) is 4.50. The summed E-state index contributed by atoms with van der Waals surface area (Å²) in [5.41, 5.74) is 3.68. The zero-order valence-corrected chi connectivity index (χ0v) is 18.2. The van der Waals surface area contributed by atoms with Crippen molar-refractivity contribution >= 4 is 28.9 Å². The van der Waals surface area contributed by atoms with Gasteiger partial charge in [0.15, 0.2) is 0 Å². The number of likely N-dealkylation sites (tertiary alicyclic amines) is 1. The highest BCUT2D eigenvalue weighted by Gasteiger charge is 2.31. The fourth-order valence-electron chi connectivity index (χ4n) is 5.10. The monoisotopic (exact) mass is 431 g/mol. The fourth-order valence-corrected chi connectivity index (χ4v) is 5.10. The fraction of sp³-hybridized carbons (Fsp3) is 0.400. The number of piperidine rings is 2. The van der Waals surface area contributed by atoms with Crippen LogP contribution < -0.4 is 10.6 Å². The van der Waals surface area contributed by atoms with Crippen molar-refractivity contribution in [3.05, 3.63) is 48.5 Å². The highest BCUT2D eigenvalue weighted by atomic mass is 16.2. The number of anilines is 1. The Balaban J connectivity index is 1.44. The number of amides is 2. The molecule has 0 aliphatic carbocycles. The van der Waals surface area contributed by atoms with Gasteiger partial charge in [-0.2, -0.15) is 5.10 Å². The molecule has 0 saturated carbocycles. The zero-order valence-electron chi connectivity index (χ0n) is 18.2. The Hall–Kier alpha value is -3.19. The number of rotatable bonds is 5. The van der Waals surface area contributed by atoms with Crippen molar-refractivity contribution in [3.63, 3.8) is 0 Å². The van der Waals surface area contributed by atoms with Crippen LogP contribution in [0.1, 0.15) is 31.7 Å². The minimum Gasteiger partial charge on any atom is -0.342 e. The first-order chi connectivity index (χ1) is 15.8. The highest BCUT2D eigenvalue weighted by Crippen LogP contribution is 2.37. The van der Waals surface area contributed by atoms with Gasteiger partial charge in [-0.1, -0.05) is 42.5 Å². The second kappa shape index (κ2) is 9.12. The van der Waals surface area contributed by atoms with E-state index in [9.17, 15) is 9.59 Å². The molecule has 7 heteroatoms. The van der Waals surface area contributed by atoms with Crippen LogP contribution in [-0.2, 0) is 9.59 Å². The first-order valence-electron chi connectivity index (χ1n) is 11.5. The topological polar surface area (TPSA) is 79.3 Å². The Bertz CT molecular complexity index is 1100. The average molecular weight is 432 g/mol. The standard InChI is InChI=1S/C25H29N5O2/c31-17-27-22-10-4-9-21-23(22)28-30(24(21)18-6-2-1-3-7-18)20-11-14-29(15-12-20)25(32)19-8-5-13-26-16-19/h1-4,6-7,9-10,17,19-20,26H,5,8,11-16H2,(H,27,31).